The minimum atomic E-state index is -4.31. The molecule has 3 aromatic rings. The van der Waals surface area contributed by atoms with E-state index in [1.807, 2.05) is 6.08 Å². The van der Waals surface area contributed by atoms with Crippen LogP contribution in [0.3, 0.4) is 0 Å². The monoisotopic (exact) mass is 536 g/mol. The van der Waals surface area contributed by atoms with Gasteiger partial charge in [0.1, 0.15) is 9.04 Å². The van der Waals surface area contributed by atoms with Crippen molar-refractivity contribution in [1.82, 2.24) is 4.48 Å². The fraction of sp³-hybridized carbons (Fsp3) is 0.222. The predicted octanol–water partition coefficient (Wildman–Crippen LogP) is 4.67. The van der Waals surface area contributed by atoms with Gasteiger partial charge in [0.2, 0.25) is 11.9 Å². The van der Waals surface area contributed by atoms with Gasteiger partial charge < -0.3 is 5.11 Å². The first-order valence-corrected chi connectivity index (χ1v) is 13.7. The van der Waals surface area contributed by atoms with Gasteiger partial charge in [-0.3, -0.25) is 4.55 Å². The Morgan fingerprint density at radius 1 is 1.29 bits per heavy atom. The molecule has 1 spiro atoms. The van der Waals surface area contributed by atoms with E-state index >= 15 is 0 Å². The van der Waals surface area contributed by atoms with Crippen LogP contribution < -0.4 is 9.05 Å². The summed E-state index contributed by atoms with van der Waals surface area (Å²) in [5, 5.41) is 10.3. The van der Waals surface area contributed by atoms with Crippen LogP contribution in [0.1, 0.15) is 11.4 Å². The molecular formula is C18H14Cl2N2O5S4+2. The number of thioether (sulfide) groups is 1. The van der Waals surface area contributed by atoms with Crippen LogP contribution in [0.2, 0.25) is 9.36 Å². The summed E-state index contributed by atoms with van der Waals surface area (Å²) in [6, 6.07) is 7.07. The van der Waals surface area contributed by atoms with Gasteiger partial charge in [0, 0.05) is 11.1 Å². The number of fused-ring (bicyclic) bond motifs is 3. The van der Waals surface area contributed by atoms with Crippen molar-refractivity contribution in [3.8, 4) is 0 Å². The largest absolute Gasteiger partial charge is 0.477 e. The molecule has 31 heavy (non-hydrogen) atoms. The van der Waals surface area contributed by atoms with E-state index in [-0.39, 0.29) is 11.0 Å². The molecule has 1 saturated heterocycles. The lowest BCUT2D eigenvalue weighted by atomic mass is 10.1. The molecule has 2 aromatic heterocycles. The molecule has 162 valence electrons. The topological polar surface area (TPSA) is 95.5 Å². The summed E-state index contributed by atoms with van der Waals surface area (Å²) < 4.78 is 37.3. The number of hydrogen-bond donors (Lipinski definition) is 2. The fourth-order valence-electron chi connectivity index (χ4n) is 4.12. The Labute approximate surface area is 199 Å². The van der Waals surface area contributed by atoms with Crippen molar-refractivity contribution in [1.29, 1.82) is 0 Å². The summed E-state index contributed by atoms with van der Waals surface area (Å²) in [6.45, 7) is 0.254. The number of quaternary nitrogens is 1. The fourth-order valence-corrected chi connectivity index (χ4v) is 9.69. The number of thiazole rings is 1. The molecule has 2 unspecified atom stereocenters. The minimum Gasteiger partial charge on any atom is -0.477 e. The van der Waals surface area contributed by atoms with Gasteiger partial charge in [0.05, 0.1) is 23.9 Å². The maximum absolute atomic E-state index is 12.2. The summed E-state index contributed by atoms with van der Waals surface area (Å²) >= 11 is 16.3. The van der Waals surface area contributed by atoms with Crippen molar-refractivity contribution in [2.24, 2.45) is 0 Å². The molecule has 0 bridgehead atoms. The molecule has 0 radical (unpaired) electrons. The average molecular weight is 537 g/mol. The Bertz CT molecular complexity index is 1400. The summed E-state index contributed by atoms with van der Waals surface area (Å²) in [6.07, 6.45) is 2.15. The third kappa shape index (κ3) is 3.42. The number of aliphatic carboxylic acids is 1. The summed E-state index contributed by atoms with van der Waals surface area (Å²) in [7, 11) is -4.31. The molecule has 4 heterocycles. The lowest BCUT2D eigenvalue weighted by Crippen LogP contribution is -2.66. The second-order valence-electron chi connectivity index (χ2n) is 7.19. The number of benzene rings is 1. The maximum atomic E-state index is 12.2. The van der Waals surface area contributed by atoms with Crippen LogP contribution in [-0.2, 0) is 21.5 Å². The van der Waals surface area contributed by atoms with E-state index in [0.717, 1.165) is 20.1 Å². The smallest absolute Gasteiger partial charge is 0.370 e. The highest BCUT2D eigenvalue weighted by molar-refractivity contribution is 8.03. The molecule has 0 saturated carbocycles. The lowest BCUT2D eigenvalue weighted by Gasteiger charge is -2.47. The first-order chi connectivity index (χ1) is 14.6. The van der Waals surface area contributed by atoms with E-state index < -0.39 is 21.5 Å². The van der Waals surface area contributed by atoms with Crippen molar-refractivity contribution in [3.63, 3.8) is 0 Å². The van der Waals surface area contributed by atoms with E-state index in [9.17, 15) is 22.9 Å². The highest BCUT2D eigenvalue weighted by Crippen LogP contribution is 2.58. The summed E-state index contributed by atoms with van der Waals surface area (Å²) in [5.74, 6) is -0.994. The van der Waals surface area contributed by atoms with Gasteiger partial charge in [0.15, 0.2) is 10.7 Å². The zero-order valence-corrected chi connectivity index (χ0v) is 20.3. The van der Waals surface area contributed by atoms with Crippen molar-refractivity contribution in [2.75, 3.05) is 6.54 Å². The number of carbonyl (C=O) groups is 1. The lowest BCUT2D eigenvalue weighted by molar-refractivity contribution is -0.655. The van der Waals surface area contributed by atoms with Crippen molar-refractivity contribution in [2.45, 2.75) is 23.2 Å². The molecular weight excluding hydrogens is 523 g/mol. The molecule has 2 N–H and O–H groups in total. The van der Waals surface area contributed by atoms with Crippen LogP contribution >= 0.6 is 57.6 Å². The van der Waals surface area contributed by atoms with Crippen LogP contribution in [-0.4, -0.2) is 36.0 Å². The molecule has 2 atom stereocenters. The number of halogens is 2. The summed E-state index contributed by atoms with van der Waals surface area (Å²) in [5.41, 5.74) is 0.765. The van der Waals surface area contributed by atoms with Gasteiger partial charge in [-0.25, -0.2) is 9.28 Å². The Morgan fingerprint density at radius 2 is 2.06 bits per heavy atom. The number of carboxylic acid groups (broad SMARTS) is 1. The maximum Gasteiger partial charge on any atom is 0.370 e. The molecule has 13 heteroatoms. The molecule has 2 aliphatic rings. The number of thiophene rings is 1. The quantitative estimate of drug-likeness (QED) is 0.285. The van der Waals surface area contributed by atoms with Crippen molar-refractivity contribution >= 4 is 95.0 Å². The predicted molar refractivity (Wildman–Crippen MR) is 124 cm³/mol. The Morgan fingerprint density at radius 3 is 2.71 bits per heavy atom. The number of carboxylic acids is 1. The van der Waals surface area contributed by atoms with Gasteiger partial charge in [0.25, 0.3) is 9.84 Å². The number of nitrogens with zero attached hydrogens (tertiary/aromatic N) is 2. The molecule has 0 aliphatic carbocycles. The number of aromatic nitrogens is 1. The number of rotatable bonds is 4. The van der Waals surface area contributed by atoms with Crippen LogP contribution in [0.5, 0.6) is 0 Å². The SMILES string of the molecule is O=C(O)C[n+]1c(/C=C2\Sc3cc(Cl)ccc3[N+]23CCC3S(=O)(=O)O)sc2cc(Cl)sc21. The third-order valence-electron chi connectivity index (χ3n) is 5.44. The Balaban J connectivity index is 1.71. The van der Waals surface area contributed by atoms with Gasteiger partial charge in [-0.15, -0.1) is 0 Å². The first-order valence-electron chi connectivity index (χ1n) is 8.97. The van der Waals surface area contributed by atoms with Gasteiger partial charge in [-0.05, 0) is 30.0 Å². The second-order valence-corrected chi connectivity index (χ2v) is 13.0. The zero-order valence-electron chi connectivity index (χ0n) is 15.5. The van der Waals surface area contributed by atoms with Crippen molar-refractivity contribution < 1.29 is 27.4 Å². The minimum absolute atomic E-state index is 0.0185. The first kappa shape index (κ1) is 21.7. The van der Waals surface area contributed by atoms with E-state index in [2.05, 4.69) is 0 Å². The number of hydrogen-bond acceptors (Lipinski definition) is 6. The molecule has 5 rings (SSSR count). The average Bonchev–Trinajstić information content (AvgIpc) is 3.22. The van der Waals surface area contributed by atoms with Crippen LogP contribution in [0.25, 0.3) is 15.6 Å². The van der Waals surface area contributed by atoms with Gasteiger partial charge in [-0.1, -0.05) is 45.9 Å². The molecule has 2 aliphatic heterocycles. The third-order valence-corrected chi connectivity index (χ3v) is 10.7. The van der Waals surface area contributed by atoms with E-state index in [1.165, 1.54) is 34.4 Å². The van der Waals surface area contributed by atoms with Crippen LogP contribution in [0.15, 0.2) is 34.2 Å². The Hall–Kier alpha value is -1.18. The normalized spacial score (nSPS) is 24.1. The van der Waals surface area contributed by atoms with Crippen molar-refractivity contribution in [3.05, 3.63) is 43.7 Å². The molecule has 7 nitrogen and oxygen atoms in total. The highest BCUT2D eigenvalue weighted by Gasteiger charge is 2.62. The highest BCUT2D eigenvalue weighted by atomic mass is 35.5. The van der Waals surface area contributed by atoms with Gasteiger partial charge in [-0.2, -0.15) is 13.0 Å². The second kappa shape index (κ2) is 7.42. The van der Waals surface area contributed by atoms with Crippen LogP contribution in [0, 0.1) is 0 Å². The molecule has 0 amide bonds. The Kier molecular flexibility index (Phi) is 5.18. The van der Waals surface area contributed by atoms with Gasteiger partial charge >= 0.3 is 16.1 Å². The van der Waals surface area contributed by atoms with E-state index in [1.54, 1.807) is 28.8 Å². The van der Waals surface area contributed by atoms with E-state index in [4.69, 9.17) is 23.2 Å². The van der Waals surface area contributed by atoms with E-state index in [0.29, 0.717) is 32.4 Å². The molecule has 1 fully saturated rings. The standard InChI is InChI=1S/C18H12Cl2N2O5S4/c19-9-1-2-10-11(5-9)29-15(22(10)4-3-16(22)31(25,26)27)7-14-21(8-17(23)24)18-12(28-14)6-13(20)30-18/h1-2,5-7,16H,3-4,8H2/p+2/b15-7-. The van der Waals surface area contributed by atoms with Crippen LogP contribution in [0.4, 0.5) is 5.69 Å². The molecule has 1 aromatic carbocycles. The summed E-state index contributed by atoms with van der Waals surface area (Å²) in [4.78, 5) is 13.1. The zero-order chi connectivity index (χ0) is 22.1.